The van der Waals surface area contributed by atoms with Crippen molar-refractivity contribution >= 4 is 0 Å². The van der Waals surface area contributed by atoms with E-state index in [0.717, 1.165) is 29.9 Å². The van der Waals surface area contributed by atoms with E-state index in [-0.39, 0.29) is 5.41 Å². The highest BCUT2D eigenvalue weighted by atomic mass is 16.3. The van der Waals surface area contributed by atoms with E-state index in [4.69, 9.17) is 9.68 Å². The lowest BCUT2D eigenvalue weighted by atomic mass is 9.98. The predicted octanol–water partition coefficient (Wildman–Crippen LogP) is 2.45. The Labute approximate surface area is 71.8 Å². The van der Waals surface area contributed by atoms with Crippen molar-refractivity contribution in [3.63, 3.8) is 0 Å². The summed E-state index contributed by atoms with van der Waals surface area (Å²) >= 11 is 0. The Morgan fingerprint density at radius 2 is 2.17 bits per heavy atom. The van der Waals surface area contributed by atoms with Crippen LogP contribution >= 0.6 is 0 Å². The smallest absolute Gasteiger partial charge is 0.105 e. The minimum absolute atomic E-state index is 0.193. The maximum atomic E-state index is 8.95. The van der Waals surface area contributed by atoms with Gasteiger partial charge in [-0.25, -0.2) is 0 Å². The van der Waals surface area contributed by atoms with Crippen molar-refractivity contribution in [2.45, 2.75) is 32.1 Å². The molecule has 0 N–H and O–H groups in total. The number of aryl methyl sites for hydroxylation is 2. The van der Waals surface area contributed by atoms with Crippen LogP contribution in [-0.4, -0.2) is 0 Å². The molecule has 2 rings (SSSR count). The number of nitriles is 1. The summed E-state index contributed by atoms with van der Waals surface area (Å²) in [7, 11) is 0. The van der Waals surface area contributed by atoms with Gasteiger partial charge in [0.25, 0.3) is 0 Å². The number of furan rings is 1. The molecule has 2 nitrogen and oxygen atoms in total. The van der Waals surface area contributed by atoms with Gasteiger partial charge in [-0.15, -0.1) is 0 Å². The maximum Gasteiger partial charge on any atom is 0.105 e. The van der Waals surface area contributed by atoms with Crippen molar-refractivity contribution in [2.24, 2.45) is 0 Å². The third-order valence-corrected chi connectivity index (χ3v) is 2.52. The average molecular weight is 161 g/mol. The minimum atomic E-state index is -0.193. The summed E-state index contributed by atoms with van der Waals surface area (Å²) in [6, 6.07) is 4.35. The first-order valence-electron chi connectivity index (χ1n) is 4.17. The molecule has 12 heavy (non-hydrogen) atoms. The Kier molecular flexibility index (Phi) is 1.32. The molecule has 1 aliphatic rings. The van der Waals surface area contributed by atoms with Crippen LogP contribution in [0, 0.1) is 25.2 Å². The Hall–Kier alpha value is -1.23. The van der Waals surface area contributed by atoms with Gasteiger partial charge in [0.1, 0.15) is 11.5 Å². The topological polar surface area (TPSA) is 36.9 Å². The maximum absolute atomic E-state index is 8.95. The molecule has 0 spiro atoms. The van der Waals surface area contributed by atoms with E-state index < -0.39 is 0 Å². The van der Waals surface area contributed by atoms with Gasteiger partial charge in [0.2, 0.25) is 0 Å². The molecule has 0 unspecified atom stereocenters. The first-order valence-corrected chi connectivity index (χ1v) is 4.17. The highest BCUT2D eigenvalue weighted by Crippen LogP contribution is 2.49. The van der Waals surface area contributed by atoms with Crippen LogP contribution in [0.4, 0.5) is 0 Å². The Bertz CT molecular complexity index is 352. The van der Waals surface area contributed by atoms with Crippen LogP contribution in [0.1, 0.15) is 29.9 Å². The highest BCUT2D eigenvalue weighted by molar-refractivity contribution is 5.41. The minimum Gasteiger partial charge on any atom is -0.466 e. The number of hydrogen-bond donors (Lipinski definition) is 0. The lowest BCUT2D eigenvalue weighted by Gasteiger charge is -2.01. The van der Waals surface area contributed by atoms with Gasteiger partial charge in [-0.05, 0) is 32.8 Å². The third kappa shape index (κ3) is 0.863. The van der Waals surface area contributed by atoms with Gasteiger partial charge in [0.05, 0.1) is 11.5 Å². The Morgan fingerprint density at radius 1 is 1.50 bits per heavy atom. The first-order chi connectivity index (χ1) is 5.68. The standard InChI is InChI=1S/C10H11NO/c1-7-5-9(8(2)12-7)10(6-11)3-4-10/h5H,3-4H2,1-2H3. The van der Waals surface area contributed by atoms with E-state index in [1.54, 1.807) is 0 Å². The van der Waals surface area contributed by atoms with Crippen molar-refractivity contribution in [1.29, 1.82) is 5.26 Å². The van der Waals surface area contributed by atoms with Crippen LogP contribution in [0.2, 0.25) is 0 Å². The molecule has 0 atom stereocenters. The molecule has 0 amide bonds. The molecule has 0 radical (unpaired) electrons. The molecule has 0 aliphatic heterocycles. The molecule has 0 aromatic carbocycles. The number of rotatable bonds is 1. The fourth-order valence-corrected chi connectivity index (χ4v) is 1.67. The van der Waals surface area contributed by atoms with E-state index in [1.165, 1.54) is 0 Å². The fraction of sp³-hybridized carbons (Fsp3) is 0.500. The van der Waals surface area contributed by atoms with Crippen LogP contribution in [0.25, 0.3) is 0 Å². The highest BCUT2D eigenvalue weighted by Gasteiger charge is 2.47. The summed E-state index contributed by atoms with van der Waals surface area (Å²) in [5, 5.41) is 8.95. The van der Waals surface area contributed by atoms with Gasteiger partial charge < -0.3 is 4.42 Å². The second-order valence-electron chi connectivity index (χ2n) is 3.52. The summed E-state index contributed by atoms with van der Waals surface area (Å²) in [5.74, 6) is 1.82. The van der Waals surface area contributed by atoms with Crippen LogP contribution < -0.4 is 0 Å². The molecule has 1 aromatic heterocycles. The normalized spacial score (nSPS) is 18.8. The Balaban J connectivity index is 2.48. The molecule has 0 bridgehead atoms. The molecule has 1 heterocycles. The summed E-state index contributed by atoms with van der Waals surface area (Å²) in [6.45, 7) is 3.85. The van der Waals surface area contributed by atoms with E-state index in [1.807, 2.05) is 19.9 Å². The van der Waals surface area contributed by atoms with E-state index in [0.29, 0.717) is 0 Å². The molecule has 1 aliphatic carbocycles. The monoisotopic (exact) mass is 161 g/mol. The summed E-state index contributed by atoms with van der Waals surface area (Å²) in [6.07, 6.45) is 1.98. The molecule has 0 saturated heterocycles. The van der Waals surface area contributed by atoms with Crippen molar-refractivity contribution in [3.8, 4) is 6.07 Å². The zero-order chi connectivity index (χ0) is 8.77. The largest absolute Gasteiger partial charge is 0.466 e. The summed E-state index contributed by atoms with van der Waals surface area (Å²) in [5.41, 5.74) is 0.907. The van der Waals surface area contributed by atoms with Gasteiger partial charge in [-0.2, -0.15) is 5.26 Å². The average Bonchev–Trinajstić information content (AvgIpc) is 2.74. The zero-order valence-electron chi connectivity index (χ0n) is 7.35. The van der Waals surface area contributed by atoms with Gasteiger partial charge in [0, 0.05) is 5.56 Å². The van der Waals surface area contributed by atoms with E-state index in [9.17, 15) is 0 Å². The van der Waals surface area contributed by atoms with E-state index in [2.05, 4.69) is 6.07 Å². The van der Waals surface area contributed by atoms with Crippen molar-refractivity contribution < 1.29 is 4.42 Å². The predicted molar refractivity (Wildman–Crippen MR) is 44.7 cm³/mol. The van der Waals surface area contributed by atoms with Gasteiger partial charge in [-0.1, -0.05) is 0 Å². The molecule has 1 aromatic rings. The van der Waals surface area contributed by atoms with E-state index >= 15 is 0 Å². The van der Waals surface area contributed by atoms with Crippen molar-refractivity contribution in [3.05, 3.63) is 23.2 Å². The fourth-order valence-electron chi connectivity index (χ4n) is 1.67. The number of hydrogen-bond acceptors (Lipinski definition) is 2. The second-order valence-corrected chi connectivity index (χ2v) is 3.52. The Morgan fingerprint density at radius 3 is 2.50 bits per heavy atom. The quantitative estimate of drug-likeness (QED) is 0.634. The van der Waals surface area contributed by atoms with Crippen LogP contribution in [0.5, 0.6) is 0 Å². The van der Waals surface area contributed by atoms with Gasteiger partial charge >= 0.3 is 0 Å². The molecular weight excluding hydrogens is 150 g/mol. The first kappa shape index (κ1) is 7.42. The van der Waals surface area contributed by atoms with Crippen molar-refractivity contribution in [2.75, 3.05) is 0 Å². The van der Waals surface area contributed by atoms with Crippen molar-refractivity contribution in [1.82, 2.24) is 0 Å². The molecule has 1 fully saturated rings. The molecule has 1 saturated carbocycles. The molecular formula is C10H11NO. The lowest BCUT2D eigenvalue weighted by Crippen LogP contribution is -2.01. The summed E-state index contributed by atoms with van der Waals surface area (Å²) in [4.78, 5) is 0. The molecule has 2 heteroatoms. The lowest BCUT2D eigenvalue weighted by molar-refractivity contribution is 0.499. The zero-order valence-corrected chi connectivity index (χ0v) is 7.35. The van der Waals surface area contributed by atoms with Gasteiger partial charge in [0.15, 0.2) is 0 Å². The van der Waals surface area contributed by atoms with Crippen LogP contribution in [0.15, 0.2) is 10.5 Å². The molecule has 62 valence electrons. The SMILES string of the molecule is Cc1cc(C2(C#N)CC2)c(C)o1. The van der Waals surface area contributed by atoms with Crippen LogP contribution in [-0.2, 0) is 5.41 Å². The van der Waals surface area contributed by atoms with Gasteiger partial charge in [-0.3, -0.25) is 0 Å². The van der Waals surface area contributed by atoms with Crippen LogP contribution in [0.3, 0.4) is 0 Å². The third-order valence-electron chi connectivity index (χ3n) is 2.52. The number of nitrogens with zero attached hydrogens (tertiary/aromatic N) is 1. The summed E-state index contributed by atoms with van der Waals surface area (Å²) < 4.78 is 5.39. The second kappa shape index (κ2) is 2.13.